The van der Waals surface area contributed by atoms with E-state index < -0.39 is 0 Å². The predicted octanol–water partition coefficient (Wildman–Crippen LogP) is 2.69. The SMILES string of the molecule is CSCc1cc(N2CCOCC2)nc(-c2cnc(-c3cn[nH]c3)s2)n1. The van der Waals surface area contributed by atoms with E-state index in [9.17, 15) is 0 Å². The topological polar surface area (TPSA) is 79.8 Å². The van der Waals surface area contributed by atoms with Crippen molar-refractivity contribution < 1.29 is 4.74 Å². The van der Waals surface area contributed by atoms with Gasteiger partial charge in [0.25, 0.3) is 0 Å². The summed E-state index contributed by atoms with van der Waals surface area (Å²) in [5.41, 5.74) is 2.02. The number of aromatic amines is 1. The first-order chi connectivity index (χ1) is 12.3. The number of morpholine rings is 1. The molecule has 4 heterocycles. The Morgan fingerprint density at radius 2 is 2.16 bits per heavy atom. The molecule has 0 aromatic carbocycles. The summed E-state index contributed by atoms with van der Waals surface area (Å²) in [7, 11) is 0. The molecule has 1 N–H and O–H groups in total. The third-order valence-electron chi connectivity index (χ3n) is 3.86. The van der Waals surface area contributed by atoms with E-state index in [0.717, 1.165) is 64.8 Å². The highest BCUT2D eigenvalue weighted by Gasteiger charge is 2.17. The summed E-state index contributed by atoms with van der Waals surface area (Å²) in [4.78, 5) is 17.3. The third-order valence-corrected chi connectivity index (χ3v) is 5.49. The van der Waals surface area contributed by atoms with E-state index in [1.807, 2.05) is 12.4 Å². The molecule has 0 aliphatic carbocycles. The third kappa shape index (κ3) is 3.68. The van der Waals surface area contributed by atoms with Gasteiger partial charge < -0.3 is 9.64 Å². The molecule has 1 aliphatic heterocycles. The van der Waals surface area contributed by atoms with Crippen molar-refractivity contribution in [2.45, 2.75) is 5.75 Å². The van der Waals surface area contributed by atoms with Gasteiger partial charge in [-0.25, -0.2) is 15.0 Å². The molecule has 0 amide bonds. The first kappa shape index (κ1) is 16.5. The second kappa shape index (κ2) is 7.51. The Morgan fingerprint density at radius 3 is 2.92 bits per heavy atom. The number of anilines is 1. The van der Waals surface area contributed by atoms with Gasteiger partial charge in [0.1, 0.15) is 10.8 Å². The van der Waals surface area contributed by atoms with E-state index in [1.165, 1.54) is 0 Å². The van der Waals surface area contributed by atoms with Crippen LogP contribution < -0.4 is 4.90 Å². The Balaban J connectivity index is 1.69. The Morgan fingerprint density at radius 1 is 1.28 bits per heavy atom. The summed E-state index contributed by atoms with van der Waals surface area (Å²) >= 11 is 3.34. The molecule has 0 atom stereocenters. The molecule has 3 aromatic heterocycles. The smallest absolute Gasteiger partial charge is 0.173 e. The van der Waals surface area contributed by atoms with Gasteiger partial charge in [0.05, 0.1) is 30.0 Å². The minimum Gasteiger partial charge on any atom is -0.378 e. The molecule has 1 fully saturated rings. The van der Waals surface area contributed by atoms with Gasteiger partial charge in [-0.05, 0) is 6.26 Å². The van der Waals surface area contributed by atoms with E-state index >= 15 is 0 Å². The average Bonchev–Trinajstić information content (AvgIpc) is 3.34. The van der Waals surface area contributed by atoms with Crippen LogP contribution in [0.25, 0.3) is 21.3 Å². The van der Waals surface area contributed by atoms with Gasteiger partial charge in [0.15, 0.2) is 5.82 Å². The highest BCUT2D eigenvalue weighted by atomic mass is 32.2. The number of nitrogens with one attached hydrogen (secondary N) is 1. The molecule has 130 valence electrons. The van der Waals surface area contributed by atoms with Crippen molar-refractivity contribution in [3.05, 3.63) is 30.4 Å². The molecule has 3 aromatic rings. The molecule has 1 aliphatic rings. The largest absolute Gasteiger partial charge is 0.378 e. The zero-order valence-electron chi connectivity index (χ0n) is 13.8. The second-order valence-electron chi connectivity index (χ2n) is 5.59. The predicted molar refractivity (Wildman–Crippen MR) is 101 cm³/mol. The Labute approximate surface area is 153 Å². The van der Waals surface area contributed by atoms with Crippen LogP contribution in [0.1, 0.15) is 5.69 Å². The van der Waals surface area contributed by atoms with Crippen molar-refractivity contribution in [2.24, 2.45) is 0 Å². The number of H-pyrrole nitrogens is 1. The van der Waals surface area contributed by atoms with Gasteiger partial charge in [-0.3, -0.25) is 5.10 Å². The van der Waals surface area contributed by atoms with E-state index in [0.29, 0.717) is 0 Å². The standard InChI is InChI=1S/C16H18N6OS2/c1-24-10-12-6-14(22-2-4-23-5-3-22)21-15(20-12)13-9-17-16(25-13)11-7-18-19-8-11/h6-9H,2-5,10H2,1H3,(H,18,19). The fourth-order valence-electron chi connectivity index (χ4n) is 2.65. The number of aromatic nitrogens is 5. The molecule has 0 radical (unpaired) electrons. The van der Waals surface area contributed by atoms with Gasteiger partial charge in [0.2, 0.25) is 0 Å². The minimum atomic E-state index is 0.736. The summed E-state index contributed by atoms with van der Waals surface area (Å²) in [5.74, 6) is 2.57. The van der Waals surface area contributed by atoms with Crippen molar-refractivity contribution in [3.63, 3.8) is 0 Å². The van der Waals surface area contributed by atoms with Crippen molar-refractivity contribution in [1.29, 1.82) is 0 Å². The van der Waals surface area contributed by atoms with Crippen molar-refractivity contribution >= 4 is 28.9 Å². The first-order valence-corrected chi connectivity index (χ1v) is 10.2. The number of rotatable bonds is 5. The van der Waals surface area contributed by atoms with Crippen molar-refractivity contribution in [2.75, 3.05) is 37.5 Å². The molecule has 25 heavy (non-hydrogen) atoms. The maximum atomic E-state index is 5.45. The quantitative estimate of drug-likeness (QED) is 0.735. The summed E-state index contributed by atoms with van der Waals surface area (Å²) in [6, 6.07) is 2.09. The number of hydrogen-bond acceptors (Lipinski definition) is 8. The number of thiazole rings is 1. The molecule has 7 nitrogen and oxygen atoms in total. The highest BCUT2D eigenvalue weighted by molar-refractivity contribution is 7.97. The normalized spacial score (nSPS) is 14.8. The molecule has 4 rings (SSSR count). The van der Waals surface area contributed by atoms with Gasteiger partial charge in [-0.2, -0.15) is 16.9 Å². The molecular formula is C16H18N6OS2. The van der Waals surface area contributed by atoms with E-state index in [4.69, 9.17) is 14.7 Å². The average molecular weight is 374 g/mol. The highest BCUT2D eigenvalue weighted by Crippen LogP contribution is 2.31. The van der Waals surface area contributed by atoms with Gasteiger partial charge in [-0.1, -0.05) is 0 Å². The number of hydrogen-bond donors (Lipinski definition) is 1. The van der Waals surface area contributed by atoms with Crippen LogP contribution in [-0.4, -0.2) is 57.7 Å². The monoisotopic (exact) mass is 374 g/mol. The summed E-state index contributed by atoms with van der Waals surface area (Å²) in [5, 5.41) is 7.72. The number of thioether (sulfide) groups is 1. The molecular weight excluding hydrogens is 356 g/mol. The lowest BCUT2D eigenvalue weighted by atomic mass is 10.3. The zero-order chi connectivity index (χ0) is 17.1. The molecule has 1 saturated heterocycles. The maximum absolute atomic E-state index is 5.45. The Hall–Kier alpha value is -1.97. The molecule has 9 heteroatoms. The Kier molecular flexibility index (Phi) is 4.95. The lowest BCUT2D eigenvalue weighted by molar-refractivity contribution is 0.122. The van der Waals surface area contributed by atoms with Crippen LogP contribution in [0.4, 0.5) is 5.82 Å². The van der Waals surface area contributed by atoms with Crippen LogP contribution >= 0.6 is 23.1 Å². The van der Waals surface area contributed by atoms with E-state index in [-0.39, 0.29) is 0 Å². The van der Waals surface area contributed by atoms with Crippen molar-refractivity contribution in [1.82, 2.24) is 25.1 Å². The van der Waals surface area contributed by atoms with Crippen LogP contribution in [0.15, 0.2) is 24.7 Å². The molecule has 0 spiro atoms. The van der Waals surface area contributed by atoms with Crippen LogP contribution in [0.5, 0.6) is 0 Å². The van der Waals surface area contributed by atoms with Gasteiger partial charge >= 0.3 is 0 Å². The number of ether oxygens (including phenoxy) is 1. The Bertz CT molecular complexity index is 829. The zero-order valence-corrected chi connectivity index (χ0v) is 15.4. The summed E-state index contributed by atoms with van der Waals surface area (Å²) < 4.78 is 5.45. The molecule has 0 bridgehead atoms. The fraction of sp³-hybridized carbons (Fsp3) is 0.375. The maximum Gasteiger partial charge on any atom is 0.173 e. The van der Waals surface area contributed by atoms with Crippen LogP contribution in [0, 0.1) is 0 Å². The van der Waals surface area contributed by atoms with Gasteiger partial charge in [0, 0.05) is 42.9 Å². The van der Waals surface area contributed by atoms with Crippen LogP contribution in [0.2, 0.25) is 0 Å². The first-order valence-electron chi connectivity index (χ1n) is 7.98. The molecule has 0 unspecified atom stereocenters. The van der Waals surface area contributed by atoms with E-state index in [1.54, 1.807) is 29.3 Å². The van der Waals surface area contributed by atoms with Crippen molar-refractivity contribution in [3.8, 4) is 21.3 Å². The summed E-state index contributed by atoms with van der Waals surface area (Å²) in [6.07, 6.45) is 7.54. The fourth-order valence-corrected chi connectivity index (χ4v) is 3.92. The lowest BCUT2D eigenvalue weighted by Crippen LogP contribution is -2.36. The lowest BCUT2D eigenvalue weighted by Gasteiger charge is -2.28. The van der Waals surface area contributed by atoms with Crippen LogP contribution in [-0.2, 0) is 10.5 Å². The van der Waals surface area contributed by atoms with E-state index in [2.05, 4.69) is 32.4 Å². The summed E-state index contributed by atoms with van der Waals surface area (Å²) in [6.45, 7) is 3.20. The second-order valence-corrected chi connectivity index (χ2v) is 7.49. The van der Waals surface area contributed by atoms with Gasteiger partial charge in [-0.15, -0.1) is 11.3 Å². The molecule has 0 saturated carbocycles. The minimum absolute atomic E-state index is 0.736. The number of nitrogens with zero attached hydrogens (tertiary/aromatic N) is 5. The van der Waals surface area contributed by atoms with Crippen LogP contribution in [0.3, 0.4) is 0 Å².